The number of carbonyl (C=O) groups is 2. The van der Waals surface area contributed by atoms with Gasteiger partial charge in [0.25, 0.3) is 10.0 Å². The molecular formula is C31H38BrN3O5S. The lowest BCUT2D eigenvalue weighted by atomic mass is 10.1. The minimum Gasteiger partial charge on any atom is -0.494 e. The summed E-state index contributed by atoms with van der Waals surface area (Å²) in [4.78, 5) is 28.6. The molecule has 2 atom stereocenters. The molecule has 8 nitrogen and oxygen atoms in total. The predicted octanol–water partition coefficient (Wildman–Crippen LogP) is 5.68. The van der Waals surface area contributed by atoms with Gasteiger partial charge in [0, 0.05) is 17.1 Å². The number of carbonyl (C=O) groups excluding carboxylic acids is 2. The van der Waals surface area contributed by atoms with Crippen molar-refractivity contribution in [1.29, 1.82) is 0 Å². The van der Waals surface area contributed by atoms with E-state index in [0.717, 1.165) is 26.3 Å². The van der Waals surface area contributed by atoms with Crippen molar-refractivity contribution in [3.8, 4) is 5.75 Å². The second-order valence-corrected chi connectivity index (χ2v) is 12.7. The maximum Gasteiger partial charge on any atom is 0.264 e. The van der Waals surface area contributed by atoms with Gasteiger partial charge in [-0.2, -0.15) is 0 Å². The summed E-state index contributed by atoms with van der Waals surface area (Å²) in [6.07, 6.45) is 0.736. The lowest BCUT2D eigenvalue weighted by molar-refractivity contribution is -0.139. The number of anilines is 1. The van der Waals surface area contributed by atoms with E-state index in [1.54, 1.807) is 43.3 Å². The molecule has 41 heavy (non-hydrogen) atoms. The van der Waals surface area contributed by atoms with E-state index in [9.17, 15) is 18.0 Å². The van der Waals surface area contributed by atoms with Gasteiger partial charge in [-0.1, -0.05) is 52.7 Å². The van der Waals surface area contributed by atoms with Crippen molar-refractivity contribution in [3.05, 3.63) is 88.4 Å². The Bertz CT molecular complexity index is 1410. The number of aryl methyl sites for hydroxylation is 1. The summed E-state index contributed by atoms with van der Waals surface area (Å²) in [5.74, 6) is -0.231. The number of hydrogen-bond donors (Lipinski definition) is 1. The average molecular weight is 645 g/mol. The predicted molar refractivity (Wildman–Crippen MR) is 165 cm³/mol. The van der Waals surface area contributed by atoms with E-state index < -0.39 is 28.5 Å². The van der Waals surface area contributed by atoms with Crippen LogP contribution in [0.5, 0.6) is 5.75 Å². The molecule has 0 unspecified atom stereocenters. The number of amides is 2. The third kappa shape index (κ3) is 8.56. The topological polar surface area (TPSA) is 96.0 Å². The number of ether oxygens (including phenoxy) is 1. The van der Waals surface area contributed by atoms with Crippen molar-refractivity contribution in [1.82, 2.24) is 10.2 Å². The Hall–Kier alpha value is -3.37. The number of halogens is 1. The van der Waals surface area contributed by atoms with Crippen LogP contribution in [0.2, 0.25) is 0 Å². The number of hydrogen-bond acceptors (Lipinski definition) is 5. The molecule has 0 aliphatic carbocycles. The van der Waals surface area contributed by atoms with Gasteiger partial charge in [-0.25, -0.2) is 8.42 Å². The minimum atomic E-state index is -4.13. The lowest BCUT2D eigenvalue weighted by Gasteiger charge is -2.32. The molecule has 3 aromatic rings. The number of rotatable bonds is 13. The first-order valence-electron chi connectivity index (χ1n) is 13.6. The highest BCUT2D eigenvalue weighted by atomic mass is 79.9. The normalized spacial score (nSPS) is 12.7. The van der Waals surface area contributed by atoms with Gasteiger partial charge in [0.15, 0.2) is 0 Å². The summed E-state index contributed by atoms with van der Waals surface area (Å²) in [6, 6.07) is 19.6. The van der Waals surface area contributed by atoms with Gasteiger partial charge in [-0.05, 0) is 88.2 Å². The molecular weight excluding hydrogens is 606 g/mol. The Morgan fingerprint density at radius 3 is 2.10 bits per heavy atom. The van der Waals surface area contributed by atoms with Crippen LogP contribution in [0.3, 0.4) is 0 Å². The van der Waals surface area contributed by atoms with Gasteiger partial charge in [-0.15, -0.1) is 0 Å². The van der Waals surface area contributed by atoms with E-state index >= 15 is 0 Å². The summed E-state index contributed by atoms with van der Waals surface area (Å²) in [6.45, 7) is 9.34. The number of sulfonamides is 1. The molecule has 3 rings (SSSR count). The molecule has 0 heterocycles. The molecule has 10 heteroatoms. The van der Waals surface area contributed by atoms with E-state index in [2.05, 4.69) is 21.2 Å². The SMILES string of the molecule is CCOc1ccc(N(CC(=O)N(Cc2ccc(Br)cc2)[C@H](C)C(=O)N[C@H](C)CC)S(=O)(=O)c2ccc(C)cc2)cc1. The summed E-state index contributed by atoms with van der Waals surface area (Å²) in [7, 11) is -4.13. The van der Waals surface area contributed by atoms with Crippen LogP contribution in [0.1, 0.15) is 45.2 Å². The van der Waals surface area contributed by atoms with E-state index in [-0.39, 0.29) is 23.4 Å². The second kappa shape index (κ2) is 14.5. The van der Waals surface area contributed by atoms with Crippen molar-refractivity contribution in [2.75, 3.05) is 17.5 Å². The van der Waals surface area contributed by atoms with Gasteiger partial charge in [0.2, 0.25) is 11.8 Å². The zero-order chi connectivity index (χ0) is 30.2. The van der Waals surface area contributed by atoms with E-state index in [0.29, 0.717) is 18.0 Å². The molecule has 0 spiro atoms. The second-order valence-electron chi connectivity index (χ2n) is 9.89. The van der Waals surface area contributed by atoms with Crippen LogP contribution in [0.4, 0.5) is 5.69 Å². The third-order valence-electron chi connectivity index (χ3n) is 6.76. The first-order valence-corrected chi connectivity index (χ1v) is 15.9. The van der Waals surface area contributed by atoms with Gasteiger partial charge < -0.3 is 15.0 Å². The molecule has 0 aliphatic rings. The van der Waals surface area contributed by atoms with Crippen molar-refractivity contribution in [2.45, 2.75) is 64.6 Å². The largest absolute Gasteiger partial charge is 0.494 e. The van der Waals surface area contributed by atoms with E-state index in [1.165, 1.54) is 17.0 Å². The zero-order valence-corrected chi connectivity index (χ0v) is 26.5. The van der Waals surface area contributed by atoms with E-state index in [1.807, 2.05) is 52.0 Å². The summed E-state index contributed by atoms with van der Waals surface area (Å²) >= 11 is 3.42. The van der Waals surface area contributed by atoms with Crippen LogP contribution in [0, 0.1) is 6.92 Å². The smallest absolute Gasteiger partial charge is 0.264 e. The molecule has 0 fully saturated rings. The molecule has 0 bridgehead atoms. The molecule has 0 aromatic heterocycles. The van der Waals surface area contributed by atoms with Crippen LogP contribution < -0.4 is 14.4 Å². The Labute approximate surface area is 251 Å². The minimum absolute atomic E-state index is 0.0619. The average Bonchev–Trinajstić information content (AvgIpc) is 2.95. The van der Waals surface area contributed by atoms with Crippen molar-refractivity contribution < 1.29 is 22.7 Å². The Balaban J connectivity index is 2.02. The highest BCUT2D eigenvalue weighted by molar-refractivity contribution is 9.10. The molecule has 2 amide bonds. The number of benzene rings is 3. The van der Waals surface area contributed by atoms with Crippen molar-refractivity contribution in [2.24, 2.45) is 0 Å². The van der Waals surface area contributed by atoms with Crippen LogP contribution in [0.15, 0.2) is 82.2 Å². The van der Waals surface area contributed by atoms with Gasteiger partial charge >= 0.3 is 0 Å². The molecule has 0 radical (unpaired) electrons. The maximum atomic E-state index is 14.0. The fraction of sp³-hybridized carbons (Fsp3) is 0.355. The zero-order valence-electron chi connectivity index (χ0n) is 24.1. The first kappa shape index (κ1) is 32.1. The van der Waals surface area contributed by atoms with Gasteiger partial charge in [0.1, 0.15) is 18.3 Å². The maximum absolute atomic E-state index is 14.0. The highest BCUT2D eigenvalue weighted by Gasteiger charge is 2.32. The summed E-state index contributed by atoms with van der Waals surface area (Å²) in [5.41, 5.74) is 2.02. The summed E-state index contributed by atoms with van der Waals surface area (Å²) in [5, 5.41) is 2.94. The Morgan fingerprint density at radius 1 is 0.927 bits per heavy atom. The van der Waals surface area contributed by atoms with E-state index in [4.69, 9.17) is 4.74 Å². The molecule has 0 saturated carbocycles. The molecule has 0 aliphatic heterocycles. The van der Waals surface area contributed by atoms with Crippen molar-refractivity contribution in [3.63, 3.8) is 0 Å². The van der Waals surface area contributed by atoms with Crippen LogP contribution in [-0.2, 0) is 26.2 Å². The van der Waals surface area contributed by atoms with Gasteiger partial charge in [0.05, 0.1) is 17.2 Å². The molecule has 0 saturated heterocycles. The highest BCUT2D eigenvalue weighted by Crippen LogP contribution is 2.27. The quantitative estimate of drug-likeness (QED) is 0.258. The standard InChI is InChI=1S/C31H38BrN3O5S/c1-6-23(4)33-31(37)24(5)34(20-25-10-12-26(32)13-11-25)30(36)21-35(27-14-16-28(17-15-27)40-7-2)41(38,39)29-18-8-22(3)9-19-29/h8-19,23-24H,6-7,20-21H2,1-5H3,(H,33,37)/t23-,24-/m1/s1. The fourth-order valence-corrected chi connectivity index (χ4v) is 5.75. The molecule has 220 valence electrons. The summed E-state index contributed by atoms with van der Waals surface area (Å²) < 4.78 is 35.4. The fourth-order valence-electron chi connectivity index (χ4n) is 4.08. The Morgan fingerprint density at radius 2 is 1.54 bits per heavy atom. The number of nitrogens with zero attached hydrogens (tertiary/aromatic N) is 2. The van der Waals surface area contributed by atoms with Crippen LogP contribution >= 0.6 is 15.9 Å². The molecule has 3 aromatic carbocycles. The number of nitrogens with one attached hydrogen (secondary N) is 1. The first-order chi connectivity index (χ1) is 19.5. The van der Waals surface area contributed by atoms with Crippen molar-refractivity contribution >= 4 is 43.5 Å². The van der Waals surface area contributed by atoms with Crippen LogP contribution in [-0.4, -0.2) is 50.4 Å². The monoisotopic (exact) mass is 643 g/mol. The third-order valence-corrected chi connectivity index (χ3v) is 9.07. The Kier molecular flexibility index (Phi) is 11.4. The lowest BCUT2D eigenvalue weighted by Crippen LogP contribution is -2.52. The van der Waals surface area contributed by atoms with Crippen LogP contribution in [0.25, 0.3) is 0 Å². The molecule has 1 N–H and O–H groups in total. The van der Waals surface area contributed by atoms with Gasteiger partial charge in [-0.3, -0.25) is 13.9 Å².